The minimum atomic E-state index is 0.586. The first-order valence-electron chi connectivity index (χ1n) is 18.1. The molecule has 250 valence electrons. The number of aromatic nitrogens is 3. The van der Waals surface area contributed by atoms with Gasteiger partial charge in [-0.05, 0) is 79.5 Å². The summed E-state index contributed by atoms with van der Waals surface area (Å²) in [5, 5.41) is 13.6. The number of hydrogen-bond acceptors (Lipinski definition) is 5. The summed E-state index contributed by atoms with van der Waals surface area (Å²) in [6, 6.07) is 57.0. The van der Waals surface area contributed by atoms with Gasteiger partial charge in [-0.1, -0.05) is 127 Å². The van der Waals surface area contributed by atoms with Crippen LogP contribution in [0.25, 0.3) is 121 Å². The molecular formula is C49H27N3O2. The number of fused-ring (bicyclic) bond motifs is 13. The molecule has 0 aliphatic rings. The van der Waals surface area contributed by atoms with Crippen LogP contribution in [-0.4, -0.2) is 15.0 Å². The SMILES string of the molecule is c1ccc2c(c1)ccc1c3cc(-c4nc(-c5ccc6ccc7oc8ccccc8c7c6c5)nc(-c5cccc6oc7ccccc7c56)n4)ccc3ccc21. The molecule has 0 fully saturated rings. The molecular weight excluding hydrogens is 663 g/mol. The molecule has 0 aliphatic heterocycles. The topological polar surface area (TPSA) is 65.0 Å². The molecule has 3 aromatic heterocycles. The molecule has 0 saturated heterocycles. The highest BCUT2D eigenvalue weighted by molar-refractivity contribution is 6.20. The second-order valence-corrected chi connectivity index (χ2v) is 13.9. The third-order valence-electron chi connectivity index (χ3n) is 10.9. The second kappa shape index (κ2) is 11.1. The van der Waals surface area contributed by atoms with Crippen LogP contribution in [0.4, 0.5) is 0 Å². The maximum Gasteiger partial charge on any atom is 0.164 e. The molecule has 0 N–H and O–H groups in total. The van der Waals surface area contributed by atoms with Crippen LogP contribution in [0, 0.1) is 0 Å². The molecule has 0 unspecified atom stereocenters. The first-order chi connectivity index (χ1) is 26.7. The Kier molecular flexibility index (Phi) is 5.99. The fourth-order valence-electron chi connectivity index (χ4n) is 8.35. The molecule has 3 heterocycles. The summed E-state index contributed by atoms with van der Waals surface area (Å²) in [4.78, 5) is 15.7. The zero-order valence-electron chi connectivity index (χ0n) is 28.7. The number of furan rings is 2. The van der Waals surface area contributed by atoms with Crippen LogP contribution in [0.2, 0.25) is 0 Å². The van der Waals surface area contributed by atoms with E-state index in [0.29, 0.717) is 17.5 Å². The smallest absolute Gasteiger partial charge is 0.164 e. The van der Waals surface area contributed by atoms with Crippen molar-refractivity contribution in [3.63, 3.8) is 0 Å². The van der Waals surface area contributed by atoms with Gasteiger partial charge in [-0.15, -0.1) is 0 Å². The molecule has 0 spiro atoms. The van der Waals surface area contributed by atoms with Gasteiger partial charge < -0.3 is 8.83 Å². The highest BCUT2D eigenvalue weighted by Gasteiger charge is 2.19. The summed E-state index contributed by atoms with van der Waals surface area (Å²) in [6.45, 7) is 0. The molecule has 5 heteroatoms. The van der Waals surface area contributed by atoms with Crippen molar-refractivity contribution in [2.24, 2.45) is 0 Å². The van der Waals surface area contributed by atoms with Gasteiger partial charge in [0.1, 0.15) is 22.3 Å². The van der Waals surface area contributed by atoms with Gasteiger partial charge in [0, 0.05) is 38.2 Å². The average Bonchev–Trinajstić information content (AvgIpc) is 3.82. The van der Waals surface area contributed by atoms with E-state index in [4.69, 9.17) is 23.8 Å². The molecule has 0 aliphatic carbocycles. The monoisotopic (exact) mass is 689 g/mol. The highest BCUT2D eigenvalue weighted by atomic mass is 16.3. The van der Waals surface area contributed by atoms with E-state index in [9.17, 15) is 0 Å². The van der Waals surface area contributed by atoms with Gasteiger partial charge in [-0.3, -0.25) is 0 Å². The summed E-state index contributed by atoms with van der Waals surface area (Å²) in [7, 11) is 0. The molecule has 12 aromatic rings. The molecule has 5 nitrogen and oxygen atoms in total. The van der Waals surface area contributed by atoms with Crippen molar-refractivity contribution < 1.29 is 8.83 Å². The van der Waals surface area contributed by atoms with Crippen molar-refractivity contribution in [2.45, 2.75) is 0 Å². The van der Waals surface area contributed by atoms with Crippen LogP contribution < -0.4 is 0 Å². The van der Waals surface area contributed by atoms with Crippen molar-refractivity contribution in [2.75, 3.05) is 0 Å². The summed E-state index contributed by atoms with van der Waals surface area (Å²) >= 11 is 0. The van der Waals surface area contributed by atoms with Crippen LogP contribution in [0.1, 0.15) is 0 Å². The maximum atomic E-state index is 6.30. The van der Waals surface area contributed by atoms with E-state index in [1.807, 2.05) is 42.5 Å². The lowest BCUT2D eigenvalue weighted by molar-refractivity contribution is 0.668. The molecule has 0 bridgehead atoms. The zero-order valence-corrected chi connectivity index (χ0v) is 28.7. The van der Waals surface area contributed by atoms with Crippen molar-refractivity contribution >= 4 is 87.0 Å². The molecule has 0 saturated carbocycles. The summed E-state index contributed by atoms with van der Waals surface area (Å²) < 4.78 is 12.6. The van der Waals surface area contributed by atoms with Crippen molar-refractivity contribution in [1.82, 2.24) is 15.0 Å². The summed E-state index contributed by atoms with van der Waals surface area (Å²) in [5.41, 5.74) is 6.05. The molecule has 0 amide bonds. The number of benzene rings is 9. The third kappa shape index (κ3) is 4.30. The van der Waals surface area contributed by atoms with E-state index in [1.165, 1.54) is 21.5 Å². The summed E-state index contributed by atoms with van der Waals surface area (Å²) in [5.74, 6) is 1.78. The molecule has 12 rings (SSSR count). The zero-order chi connectivity index (χ0) is 35.3. The maximum absolute atomic E-state index is 6.30. The number of hydrogen-bond donors (Lipinski definition) is 0. The standard InChI is InChI=1S/C49H27N3O2/c1-2-9-33-28(8-1)20-24-35-34(33)23-21-29-16-18-31(26-39(29)35)47-50-48(52-49(51-47)38-12-7-15-43-45(38)36-10-3-5-13-41(36)53-43)32-19-17-30-22-25-44-46(40(30)27-32)37-11-4-6-14-42(37)54-44/h1-27H. The lowest BCUT2D eigenvalue weighted by atomic mass is 9.96. The lowest BCUT2D eigenvalue weighted by Crippen LogP contribution is -2.00. The first kappa shape index (κ1) is 29.2. The number of rotatable bonds is 3. The highest BCUT2D eigenvalue weighted by Crippen LogP contribution is 2.40. The van der Waals surface area contributed by atoms with E-state index >= 15 is 0 Å². The van der Waals surface area contributed by atoms with Crippen molar-refractivity contribution in [1.29, 1.82) is 0 Å². The van der Waals surface area contributed by atoms with Gasteiger partial charge in [0.15, 0.2) is 17.5 Å². The second-order valence-electron chi connectivity index (χ2n) is 13.9. The van der Waals surface area contributed by atoms with Crippen LogP contribution in [0.5, 0.6) is 0 Å². The Morgan fingerprint density at radius 3 is 1.54 bits per heavy atom. The van der Waals surface area contributed by atoms with E-state index < -0.39 is 0 Å². The molecule has 9 aromatic carbocycles. The lowest BCUT2D eigenvalue weighted by Gasteiger charge is -2.12. The minimum absolute atomic E-state index is 0.586. The molecule has 0 atom stereocenters. The van der Waals surface area contributed by atoms with E-state index in [-0.39, 0.29) is 0 Å². The Balaban J connectivity index is 1.13. The minimum Gasteiger partial charge on any atom is -0.456 e. The first-order valence-corrected chi connectivity index (χ1v) is 18.1. The normalized spacial score (nSPS) is 12.1. The number of nitrogens with zero attached hydrogens (tertiary/aromatic N) is 3. The Morgan fingerprint density at radius 1 is 0.296 bits per heavy atom. The van der Waals surface area contributed by atoms with Gasteiger partial charge in [0.25, 0.3) is 0 Å². The van der Waals surface area contributed by atoms with Gasteiger partial charge >= 0.3 is 0 Å². The van der Waals surface area contributed by atoms with E-state index in [2.05, 4.69) is 121 Å². The van der Waals surface area contributed by atoms with E-state index in [0.717, 1.165) is 82.1 Å². The quantitative estimate of drug-likeness (QED) is 0.173. The Labute approximate surface area is 307 Å². The van der Waals surface area contributed by atoms with Gasteiger partial charge in [-0.25, -0.2) is 15.0 Å². The Hall–Kier alpha value is -7.37. The molecule has 0 radical (unpaired) electrons. The Bertz CT molecular complexity index is 3520. The molecule has 54 heavy (non-hydrogen) atoms. The fourth-order valence-corrected chi connectivity index (χ4v) is 8.35. The van der Waals surface area contributed by atoms with Crippen molar-refractivity contribution in [3.05, 3.63) is 164 Å². The van der Waals surface area contributed by atoms with Gasteiger partial charge in [0.05, 0.1) is 0 Å². The number of para-hydroxylation sites is 2. The van der Waals surface area contributed by atoms with Crippen LogP contribution in [0.15, 0.2) is 173 Å². The van der Waals surface area contributed by atoms with Gasteiger partial charge in [-0.2, -0.15) is 0 Å². The average molecular weight is 690 g/mol. The fraction of sp³-hybridized carbons (Fsp3) is 0. The van der Waals surface area contributed by atoms with Gasteiger partial charge in [0.2, 0.25) is 0 Å². The summed E-state index contributed by atoms with van der Waals surface area (Å²) in [6.07, 6.45) is 0. The van der Waals surface area contributed by atoms with Crippen LogP contribution in [0.3, 0.4) is 0 Å². The Morgan fingerprint density at radius 2 is 0.796 bits per heavy atom. The predicted octanol–water partition coefficient (Wildman–Crippen LogP) is 13.3. The van der Waals surface area contributed by atoms with Crippen molar-refractivity contribution in [3.8, 4) is 34.2 Å². The third-order valence-corrected chi connectivity index (χ3v) is 10.9. The van der Waals surface area contributed by atoms with Crippen LogP contribution >= 0.6 is 0 Å². The largest absolute Gasteiger partial charge is 0.456 e. The predicted molar refractivity (Wildman–Crippen MR) is 221 cm³/mol. The van der Waals surface area contributed by atoms with E-state index in [1.54, 1.807) is 0 Å². The van der Waals surface area contributed by atoms with Crippen LogP contribution in [-0.2, 0) is 0 Å².